The van der Waals surface area contributed by atoms with Gasteiger partial charge in [-0.15, -0.1) is 0 Å². The Kier molecular flexibility index (Phi) is 4.03. The quantitative estimate of drug-likeness (QED) is 0.862. The van der Waals surface area contributed by atoms with Gasteiger partial charge in [-0.3, -0.25) is 4.79 Å². The highest BCUT2D eigenvalue weighted by Gasteiger charge is 2.32. The first-order valence-corrected chi connectivity index (χ1v) is 6.30. The van der Waals surface area contributed by atoms with Gasteiger partial charge in [0.05, 0.1) is 11.6 Å². The molecule has 1 heterocycles. The Morgan fingerprint density at radius 1 is 1.47 bits per heavy atom. The molecule has 1 aromatic rings. The van der Waals surface area contributed by atoms with Crippen LogP contribution >= 0.6 is 0 Å². The van der Waals surface area contributed by atoms with Crippen LogP contribution in [0.2, 0.25) is 0 Å². The van der Waals surface area contributed by atoms with E-state index in [1.165, 1.54) is 0 Å². The van der Waals surface area contributed by atoms with Gasteiger partial charge in [-0.1, -0.05) is 6.07 Å². The van der Waals surface area contributed by atoms with Crippen LogP contribution in [-0.4, -0.2) is 48.7 Å². The number of nitrogens with zero attached hydrogens (tertiary/aromatic N) is 3. The van der Waals surface area contributed by atoms with Crippen molar-refractivity contribution in [2.24, 2.45) is 0 Å². The third-order valence-electron chi connectivity index (χ3n) is 3.42. The zero-order chi connectivity index (χ0) is 13.8. The fourth-order valence-corrected chi connectivity index (χ4v) is 2.38. The van der Waals surface area contributed by atoms with Gasteiger partial charge in [0.2, 0.25) is 5.91 Å². The molecule has 5 nitrogen and oxygen atoms in total. The maximum absolute atomic E-state index is 12.2. The highest BCUT2D eigenvalue weighted by molar-refractivity contribution is 5.86. The first kappa shape index (κ1) is 13.4. The lowest BCUT2D eigenvalue weighted by Gasteiger charge is -2.40. The Morgan fingerprint density at radius 2 is 2.26 bits per heavy atom. The monoisotopic (exact) mass is 259 g/mol. The van der Waals surface area contributed by atoms with Crippen LogP contribution in [0.1, 0.15) is 12.0 Å². The molecule has 19 heavy (non-hydrogen) atoms. The number of nitriles is 1. The maximum atomic E-state index is 12.2. The number of carbonyl (C=O) groups is 1. The molecule has 2 rings (SSSR count). The van der Waals surface area contributed by atoms with Gasteiger partial charge >= 0.3 is 0 Å². The van der Waals surface area contributed by atoms with E-state index >= 15 is 0 Å². The number of hydrogen-bond donors (Lipinski definition) is 1. The van der Waals surface area contributed by atoms with Gasteiger partial charge in [-0.05, 0) is 24.6 Å². The molecular formula is C14H17N3O2. The topological polar surface area (TPSA) is 67.6 Å². The number of likely N-dealkylation sites (N-methyl/N-ethyl adjacent to an activating group) is 1. The lowest BCUT2D eigenvalue weighted by Crippen LogP contribution is -2.56. The van der Waals surface area contributed by atoms with Crippen molar-refractivity contribution in [1.29, 1.82) is 5.26 Å². The van der Waals surface area contributed by atoms with E-state index < -0.39 is 0 Å². The van der Waals surface area contributed by atoms with E-state index in [1.54, 1.807) is 24.1 Å². The lowest BCUT2D eigenvalue weighted by atomic mass is 10.1. The second-order valence-corrected chi connectivity index (χ2v) is 4.64. The third kappa shape index (κ3) is 2.69. The fourth-order valence-electron chi connectivity index (χ4n) is 2.38. The van der Waals surface area contributed by atoms with Crippen molar-refractivity contribution >= 4 is 11.6 Å². The second kappa shape index (κ2) is 5.72. The molecule has 1 aliphatic rings. The Hall–Kier alpha value is -2.06. The number of rotatable bonds is 3. The van der Waals surface area contributed by atoms with Gasteiger partial charge < -0.3 is 14.9 Å². The molecule has 1 N–H and O–H groups in total. The summed E-state index contributed by atoms with van der Waals surface area (Å²) in [5.41, 5.74) is 1.44. The summed E-state index contributed by atoms with van der Waals surface area (Å²) >= 11 is 0. The van der Waals surface area contributed by atoms with Gasteiger partial charge in [-0.2, -0.15) is 5.26 Å². The molecule has 100 valence electrons. The van der Waals surface area contributed by atoms with Crippen LogP contribution in [0.5, 0.6) is 0 Å². The Labute approximate surface area is 112 Å². The number of amides is 1. The number of carbonyl (C=O) groups excluding carboxylic acids is 1. The van der Waals surface area contributed by atoms with Crippen LogP contribution in [0.4, 0.5) is 5.69 Å². The zero-order valence-electron chi connectivity index (χ0n) is 10.9. The fraction of sp³-hybridized carbons (Fsp3) is 0.429. The molecule has 5 heteroatoms. The lowest BCUT2D eigenvalue weighted by molar-refractivity contribution is -0.133. The summed E-state index contributed by atoms with van der Waals surface area (Å²) < 4.78 is 0. The normalized spacial score (nSPS) is 19.4. The van der Waals surface area contributed by atoms with Gasteiger partial charge in [0.25, 0.3) is 0 Å². The van der Waals surface area contributed by atoms with E-state index in [0.717, 1.165) is 5.69 Å². The molecule has 0 saturated carbocycles. The molecule has 1 saturated heterocycles. The van der Waals surface area contributed by atoms with Crippen LogP contribution in [-0.2, 0) is 4.79 Å². The molecule has 1 aromatic carbocycles. The van der Waals surface area contributed by atoms with Crippen LogP contribution < -0.4 is 4.90 Å². The van der Waals surface area contributed by atoms with Crippen molar-refractivity contribution in [1.82, 2.24) is 4.90 Å². The molecule has 1 fully saturated rings. The van der Waals surface area contributed by atoms with Crippen LogP contribution in [0.3, 0.4) is 0 Å². The van der Waals surface area contributed by atoms with E-state index in [1.807, 2.05) is 17.0 Å². The largest absolute Gasteiger partial charge is 0.396 e. The number of anilines is 1. The maximum Gasteiger partial charge on any atom is 0.245 e. The summed E-state index contributed by atoms with van der Waals surface area (Å²) in [5, 5.41) is 18.1. The summed E-state index contributed by atoms with van der Waals surface area (Å²) in [6.07, 6.45) is 0.403. The minimum atomic E-state index is -0.349. The average molecular weight is 259 g/mol. The number of piperazine rings is 1. The molecule has 1 amide bonds. The van der Waals surface area contributed by atoms with E-state index in [2.05, 4.69) is 6.07 Å². The first-order chi connectivity index (χ1) is 9.17. The Morgan fingerprint density at radius 3 is 2.95 bits per heavy atom. The Bertz CT molecular complexity index is 510. The molecule has 0 radical (unpaired) electrons. The smallest absolute Gasteiger partial charge is 0.245 e. The van der Waals surface area contributed by atoms with Crippen molar-refractivity contribution in [2.75, 3.05) is 31.6 Å². The summed E-state index contributed by atoms with van der Waals surface area (Å²) in [5.74, 6) is 0.0164. The summed E-state index contributed by atoms with van der Waals surface area (Å²) in [4.78, 5) is 15.8. The predicted molar refractivity (Wildman–Crippen MR) is 71.6 cm³/mol. The van der Waals surface area contributed by atoms with Crippen molar-refractivity contribution in [2.45, 2.75) is 12.5 Å². The Balaban J connectivity index is 2.30. The molecule has 0 bridgehead atoms. The number of aliphatic hydroxyl groups excluding tert-OH is 1. The van der Waals surface area contributed by atoms with Crippen molar-refractivity contribution < 1.29 is 9.90 Å². The molecule has 1 atom stereocenters. The number of benzene rings is 1. The average Bonchev–Trinajstić information content (AvgIpc) is 2.44. The van der Waals surface area contributed by atoms with Crippen LogP contribution in [0.25, 0.3) is 0 Å². The van der Waals surface area contributed by atoms with Crippen molar-refractivity contribution in [3.8, 4) is 6.07 Å². The summed E-state index contributed by atoms with van der Waals surface area (Å²) in [7, 11) is 1.77. The molecule has 1 unspecified atom stereocenters. The summed E-state index contributed by atoms with van der Waals surface area (Å²) in [6, 6.07) is 8.98. The van der Waals surface area contributed by atoms with Crippen LogP contribution in [0.15, 0.2) is 24.3 Å². The van der Waals surface area contributed by atoms with Crippen molar-refractivity contribution in [3.05, 3.63) is 29.8 Å². The first-order valence-electron chi connectivity index (χ1n) is 6.30. The standard InChI is InChI=1S/C14H17N3O2/c1-16-6-7-17(13(5-8-18)14(16)19)12-4-2-3-11(9-12)10-15/h2-4,9,13,18H,5-8H2,1H3. The molecule has 1 aliphatic heterocycles. The molecular weight excluding hydrogens is 242 g/mol. The van der Waals surface area contributed by atoms with Crippen LogP contribution in [0, 0.1) is 11.3 Å². The van der Waals surface area contributed by atoms with Gasteiger partial charge in [0.15, 0.2) is 0 Å². The van der Waals surface area contributed by atoms with E-state index in [0.29, 0.717) is 25.1 Å². The van der Waals surface area contributed by atoms with Gasteiger partial charge in [-0.25, -0.2) is 0 Å². The van der Waals surface area contributed by atoms with E-state index in [4.69, 9.17) is 10.4 Å². The highest BCUT2D eigenvalue weighted by atomic mass is 16.3. The molecule has 0 aromatic heterocycles. The highest BCUT2D eigenvalue weighted by Crippen LogP contribution is 2.23. The van der Waals surface area contributed by atoms with E-state index in [-0.39, 0.29) is 18.6 Å². The zero-order valence-corrected chi connectivity index (χ0v) is 10.9. The molecule has 0 aliphatic carbocycles. The van der Waals surface area contributed by atoms with Gasteiger partial charge in [0.1, 0.15) is 6.04 Å². The van der Waals surface area contributed by atoms with Crippen molar-refractivity contribution in [3.63, 3.8) is 0 Å². The third-order valence-corrected chi connectivity index (χ3v) is 3.42. The van der Waals surface area contributed by atoms with Gasteiger partial charge in [0, 0.05) is 32.4 Å². The van der Waals surface area contributed by atoms with E-state index in [9.17, 15) is 4.79 Å². The minimum Gasteiger partial charge on any atom is -0.396 e. The second-order valence-electron chi connectivity index (χ2n) is 4.64. The molecule has 0 spiro atoms. The SMILES string of the molecule is CN1CCN(c2cccc(C#N)c2)C(CCO)C1=O. The number of hydrogen-bond acceptors (Lipinski definition) is 4. The predicted octanol–water partition coefficient (Wildman–Crippen LogP) is 0.588. The summed E-state index contributed by atoms with van der Waals surface area (Å²) in [6.45, 7) is 1.33. The number of aliphatic hydroxyl groups is 1. The minimum absolute atomic E-state index is 0.0164.